The molecule has 0 bridgehead atoms. The normalized spacial score (nSPS) is 12.2. The second kappa shape index (κ2) is 5.70. The van der Waals surface area contributed by atoms with E-state index in [1.165, 1.54) is 12.3 Å². The molecule has 7 heteroatoms. The number of carbonyl (C=O) groups is 1. The Morgan fingerprint density at radius 1 is 1.40 bits per heavy atom. The highest BCUT2D eigenvalue weighted by molar-refractivity contribution is 7.10. The topological polar surface area (TPSA) is 73.0 Å². The summed E-state index contributed by atoms with van der Waals surface area (Å²) < 4.78 is 6.65. The maximum absolute atomic E-state index is 11.9. The van der Waals surface area contributed by atoms with Gasteiger partial charge in [0.25, 0.3) is 5.91 Å². The van der Waals surface area contributed by atoms with E-state index in [0.717, 1.165) is 4.88 Å². The van der Waals surface area contributed by atoms with Gasteiger partial charge in [0.1, 0.15) is 6.04 Å². The minimum absolute atomic E-state index is 0.0307. The molecule has 0 fully saturated rings. The van der Waals surface area contributed by atoms with Gasteiger partial charge >= 0.3 is 0 Å². The monoisotopic (exact) mass is 288 g/mol. The van der Waals surface area contributed by atoms with Gasteiger partial charge in [-0.05, 0) is 17.5 Å². The van der Waals surface area contributed by atoms with Crippen molar-refractivity contribution >= 4 is 17.2 Å². The number of nitrogens with zero attached hydrogens (tertiary/aromatic N) is 3. The van der Waals surface area contributed by atoms with Gasteiger partial charge in [-0.15, -0.1) is 11.3 Å². The Bertz CT molecular complexity index is 612. The number of hydrogen-bond donors (Lipinski definition) is 1. The van der Waals surface area contributed by atoms with Gasteiger partial charge in [0, 0.05) is 29.9 Å². The lowest BCUT2D eigenvalue weighted by Crippen LogP contribution is -2.31. The van der Waals surface area contributed by atoms with Crippen LogP contribution in [0.1, 0.15) is 21.5 Å². The molecule has 20 heavy (non-hydrogen) atoms. The van der Waals surface area contributed by atoms with Gasteiger partial charge in [-0.25, -0.2) is 0 Å². The van der Waals surface area contributed by atoms with Crippen LogP contribution >= 0.6 is 11.3 Å². The predicted molar refractivity (Wildman–Crippen MR) is 73.5 cm³/mol. The van der Waals surface area contributed by atoms with Crippen molar-refractivity contribution in [1.82, 2.24) is 20.3 Å². The van der Waals surface area contributed by atoms with Gasteiger partial charge in [0.15, 0.2) is 0 Å². The smallest absolute Gasteiger partial charge is 0.289 e. The van der Waals surface area contributed by atoms with Crippen LogP contribution in [0.15, 0.2) is 52.8 Å². The molecule has 3 rings (SSSR count). The molecule has 0 radical (unpaired) electrons. The second-order valence-corrected chi connectivity index (χ2v) is 5.08. The maximum Gasteiger partial charge on any atom is 0.289 e. The third-order valence-corrected chi connectivity index (χ3v) is 3.81. The van der Waals surface area contributed by atoms with Gasteiger partial charge in [0.05, 0.1) is 6.20 Å². The molecule has 1 atom stereocenters. The molecule has 0 spiro atoms. The average molecular weight is 288 g/mol. The summed E-state index contributed by atoms with van der Waals surface area (Å²) in [5.41, 5.74) is 0. The van der Waals surface area contributed by atoms with Crippen molar-refractivity contribution < 1.29 is 9.32 Å². The fourth-order valence-electron chi connectivity index (χ4n) is 1.88. The Kier molecular flexibility index (Phi) is 3.60. The van der Waals surface area contributed by atoms with Crippen LogP contribution in [0, 0.1) is 0 Å². The standard InChI is InChI=1S/C13H12N4O2S/c18-13(11-4-6-16-19-11)14-9-10(12-3-1-8-20-12)17-7-2-5-15-17/h1-8,10H,9H2,(H,14,18). The third kappa shape index (κ3) is 2.62. The lowest BCUT2D eigenvalue weighted by molar-refractivity contribution is 0.0912. The molecule has 0 aliphatic carbocycles. The molecule has 3 aromatic rings. The summed E-state index contributed by atoms with van der Waals surface area (Å²) in [7, 11) is 0. The molecule has 0 saturated heterocycles. The molecule has 0 saturated carbocycles. The molecular weight excluding hydrogens is 276 g/mol. The Balaban J connectivity index is 1.73. The molecule has 6 nitrogen and oxygen atoms in total. The van der Waals surface area contributed by atoms with Crippen LogP contribution < -0.4 is 5.32 Å². The van der Waals surface area contributed by atoms with Crippen molar-refractivity contribution in [2.75, 3.05) is 6.54 Å². The highest BCUT2D eigenvalue weighted by Gasteiger charge is 2.18. The van der Waals surface area contributed by atoms with Crippen molar-refractivity contribution in [2.45, 2.75) is 6.04 Å². The van der Waals surface area contributed by atoms with Crippen molar-refractivity contribution in [3.8, 4) is 0 Å². The number of amides is 1. The first kappa shape index (κ1) is 12.6. The van der Waals surface area contributed by atoms with Crippen LogP contribution in [0.3, 0.4) is 0 Å². The van der Waals surface area contributed by atoms with E-state index in [0.29, 0.717) is 6.54 Å². The van der Waals surface area contributed by atoms with E-state index in [9.17, 15) is 4.79 Å². The fraction of sp³-hybridized carbons (Fsp3) is 0.154. The fourth-order valence-corrected chi connectivity index (χ4v) is 2.70. The minimum atomic E-state index is -0.281. The summed E-state index contributed by atoms with van der Waals surface area (Å²) in [5, 5.41) is 12.6. The molecule has 1 N–H and O–H groups in total. The van der Waals surface area contributed by atoms with Gasteiger partial charge in [-0.2, -0.15) is 5.10 Å². The molecule has 1 unspecified atom stereocenters. The van der Waals surface area contributed by atoms with E-state index in [1.54, 1.807) is 17.5 Å². The molecule has 1 amide bonds. The lowest BCUT2D eigenvalue weighted by Gasteiger charge is -2.16. The third-order valence-electron chi connectivity index (χ3n) is 2.83. The van der Waals surface area contributed by atoms with Gasteiger partial charge in [-0.3, -0.25) is 9.48 Å². The number of aromatic nitrogens is 3. The first-order valence-corrected chi connectivity index (χ1v) is 6.94. The molecular formula is C13H12N4O2S. The molecule has 3 heterocycles. The van der Waals surface area contributed by atoms with Gasteiger partial charge in [0.2, 0.25) is 5.76 Å². The van der Waals surface area contributed by atoms with Gasteiger partial charge in [-0.1, -0.05) is 11.2 Å². The summed E-state index contributed by atoms with van der Waals surface area (Å²) >= 11 is 1.63. The van der Waals surface area contributed by atoms with Crippen molar-refractivity contribution in [3.63, 3.8) is 0 Å². The molecule has 0 aliphatic rings. The van der Waals surface area contributed by atoms with Crippen LogP contribution in [0.25, 0.3) is 0 Å². The van der Waals surface area contributed by atoms with Crippen LogP contribution in [-0.4, -0.2) is 27.4 Å². The van der Waals surface area contributed by atoms with Crippen LogP contribution in [-0.2, 0) is 0 Å². The van der Waals surface area contributed by atoms with E-state index in [-0.39, 0.29) is 17.7 Å². The van der Waals surface area contributed by atoms with Crippen LogP contribution in [0.4, 0.5) is 0 Å². The number of hydrogen-bond acceptors (Lipinski definition) is 5. The van der Waals surface area contributed by atoms with E-state index in [4.69, 9.17) is 4.52 Å². The van der Waals surface area contributed by atoms with Gasteiger partial charge < -0.3 is 9.84 Å². The summed E-state index contributed by atoms with van der Waals surface area (Å²) in [6, 6.07) is 7.37. The second-order valence-electron chi connectivity index (χ2n) is 4.10. The molecule has 3 aromatic heterocycles. The van der Waals surface area contributed by atoms with E-state index < -0.39 is 0 Å². The summed E-state index contributed by atoms with van der Waals surface area (Å²) in [6.45, 7) is 0.432. The first-order valence-electron chi connectivity index (χ1n) is 6.06. The number of thiophene rings is 1. The predicted octanol–water partition coefficient (Wildman–Crippen LogP) is 1.95. The zero-order valence-electron chi connectivity index (χ0n) is 10.5. The first-order chi connectivity index (χ1) is 9.84. The SMILES string of the molecule is O=C(NCC(c1cccs1)n1cccn1)c1ccno1. The Hall–Kier alpha value is -2.41. The minimum Gasteiger partial charge on any atom is -0.351 e. The maximum atomic E-state index is 11.9. The lowest BCUT2D eigenvalue weighted by atomic mass is 10.2. The number of rotatable bonds is 5. The number of nitrogens with one attached hydrogen (secondary N) is 1. The summed E-state index contributed by atoms with van der Waals surface area (Å²) in [4.78, 5) is 13.0. The summed E-state index contributed by atoms with van der Waals surface area (Å²) in [6.07, 6.45) is 5.04. The largest absolute Gasteiger partial charge is 0.351 e. The van der Waals surface area contributed by atoms with E-state index in [2.05, 4.69) is 15.6 Å². The zero-order chi connectivity index (χ0) is 13.8. The molecule has 0 aliphatic heterocycles. The number of carbonyl (C=O) groups excluding carboxylic acids is 1. The molecule has 102 valence electrons. The van der Waals surface area contributed by atoms with E-state index >= 15 is 0 Å². The quantitative estimate of drug-likeness (QED) is 0.779. The van der Waals surface area contributed by atoms with Crippen molar-refractivity contribution in [1.29, 1.82) is 0 Å². The Morgan fingerprint density at radius 2 is 2.35 bits per heavy atom. The van der Waals surface area contributed by atoms with Crippen LogP contribution in [0.2, 0.25) is 0 Å². The summed E-state index contributed by atoms with van der Waals surface area (Å²) in [5.74, 6) is -0.0772. The Labute approximate surface area is 119 Å². The van der Waals surface area contributed by atoms with Crippen molar-refractivity contribution in [3.05, 3.63) is 58.9 Å². The average Bonchev–Trinajstić information content (AvgIpc) is 3.22. The van der Waals surface area contributed by atoms with E-state index in [1.807, 2.05) is 34.5 Å². The highest BCUT2D eigenvalue weighted by Crippen LogP contribution is 2.21. The Morgan fingerprint density at radius 3 is 3.00 bits per heavy atom. The van der Waals surface area contributed by atoms with Crippen LogP contribution in [0.5, 0.6) is 0 Å². The van der Waals surface area contributed by atoms with Crippen molar-refractivity contribution in [2.24, 2.45) is 0 Å². The highest BCUT2D eigenvalue weighted by atomic mass is 32.1. The molecule has 0 aromatic carbocycles. The zero-order valence-corrected chi connectivity index (χ0v) is 11.3.